The summed E-state index contributed by atoms with van der Waals surface area (Å²) in [5.41, 5.74) is 1.92. The number of allylic oxidation sites excluding steroid dienone is 3. The summed E-state index contributed by atoms with van der Waals surface area (Å²) in [7, 11) is 0. The Morgan fingerprint density at radius 3 is 2.53 bits per heavy atom. The summed E-state index contributed by atoms with van der Waals surface area (Å²) < 4.78 is 6.16. The predicted octanol–water partition coefficient (Wildman–Crippen LogP) is 2.55. The van der Waals surface area contributed by atoms with Crippen LogP contribution < -0.4 is 25.2 Å². The molecule has 1 unspecified atom stereocenters. The largest absolute Gasteiger partial charge is 0.439 e. The van der Waals surface area contributed by atoms with E-state index >= 15 is 0 Å². The van der Waals surface area contributed by atoms with Gasteiger partial charge in [0.2, 0.25) is 5.88 Å². The van der Waals surface area contributed by atoms with Crippen molar-refractivity contribution in [2.24, 2.45) is 5.92 Å². The average Bonchev–Trinajstić information content (AvgIpc) is 3.39. The van der Waals surface area contributed by atoms with Crippen molar-refractivity contribution < 1.29 is 19.1 Å². The lowest BCUT2D eigenvalue weighted by atomic mass is 9.89. The molecule has 2 aromatic rings. The van der Waals surface area contributed by atoms with Crippen molar-refractivity contribution in [3.63, 3.8) is 0 Å². The van der Waals surface area contributed by atoms with E-state index in [2.05, 4.69) is 38.7 Å². The Labute approximate surface area is 218 Å². The Morgan fingerprint density at radius 2 is 1.82 bits per heavy atom. The Bertz CT molecular complexity index is 1430. The number of rotatable bonds is 4. The van der Waals surface area contributed by atoms with E-state index in [0.29, 0.717) is 43.1 Å². The molecular formula is C28H24N6O4. The van der Waals surface area contributed by atoms with Crippen LogP contribution in [0.1, 0.15) is 18.4 Å². The van der Waals surface area contributed by atoms with Crippen LogP contribution in [-0.4, -0.2) is 48.0 Å². The lowest BCUT2D eigenvalue weighted by Gasteiger charge is -2.38. The van der Waals surface area contributed by atoms with Crippen LogP contribution in [0.5, 0.6) is 5.88 Å². The fourth-order valence-electron chi connectivity index (χ4n) is 5.54. The minimum absolute atomic E-state index is 0.147. The number of amides is 4. The molecule has 1 atom stereocenters. The number of pyridine rings is 1. The summed E-state index contributed by atoms with van der Waals surface area (Å²) in [5, 5.41) is 13.5. The van der Waals surface area contributed by atoms with Crippen molar-refractivity contribution in [2.45, 2.75) is 18.4 Å². The van der Waals surface area contributed by atoms with E-state index in [4.69, 9.17) is 10.00 Å². The number of nitrogens with one attached hydrogen (secondary N) is 2. The minimum atomic E-state index is -1.46. The molecular weight excluding hydrogens is 484 g/mol. The molecule has 2 saturated heterocycles. The second-order valence-corrected chi connectivity index (χ2v) is 9.55. The zero-order valence-corrected chi connectivity index (χ0v) is 20.4. The fourth-order valence-corrected chi connectivity index (χ4v) is 5.54. The number of nitriles is 1. The van der Waals surface area contributed by atoms with Crippen LogP contribution in [-0.2, 0) is 9.59 Å². The van der Waals surface area contributed by atoms with Gasteiger partial charge in [-0.2, -0.15) is 5.26 Å². The number of carbonyl (C=O) groups is 3. The standard InChI is InChI=1S/C28H24N6O4/c29-15-18-5-7-20(8-6-18)33-14-11-22-19(17-33)3-1-4-23(22)38-24-10-9-21(16-30-24)34-13-2-12-28(34)25(35)31-27(37)32-26(28)36/h1,3-11,16,19H,2,12-14,17H2,(H2,31,32,35,36,37). The number of hydrogen-bond acceptors (Lipinski definition) is 8. The van der Waals surface area contributed by atoms with Gasteiger partial charge in [0.1, 0.15) is 5.76 Å². The average molecular weight is 509 g/mol. The maximum absolute atomic E-state index is 12.7. The number of anilines is 2. The Balaban J connectivity index is 1.17. The molecule has 4 aliphatic rings. The molecule has 3 aliphatic heterocycles. The van der Waals surface area contributed by atoms with Crippen LogP contribution >= 0.6 is 0 Å². The van der Waals surface area contributed by atoms with Crippen molar-refractivity contribution in [3.05, 3.63) is 83.8 Å². The van der Waals surface area contributed by atoms with Gasteiger partial charge in [0, 0.05) is 42.9 Å². The highest BCUT2D eigenvalue weighted by atomic mass is 16.5. The van der Waals surface area contributed by atoms with Crippen LogP contribution in [0, 0.1) is 17.2 Å². The van der Waals surface area contributed by atoms with Gasteiger partial charge >= 0.3 is 6.03 Å². The molecule has 1 aliphatic carbocycles. The van der Waals surface area contributed by atoms with Crippen LogP contribution in [0.15, 0.2) is 78.2 Å². The lowest BCUT2D eigenvalue weighted by Crippen LogP contribution is -2.71. The molecule has 0 bridgehead atoms. The number of ether oxygens (including phenoxy) is 1. The van der Waals surface area contributed by atoms with Crippen LogP contribution in [0.2, 0.25) is 0 Å². The first-order valence-electron chi connectivity index (χ1n) is 12.4. The van der Waals surface area contributed by atoms with Gasteiger partial charge in [-0.3, -0.25) is 20.2 Å². The Hall–Kier alpha value is -4.91. The summed E-state index contributed by atoms with van der Waals surface area (Å²) >= 11 is 0. The SMILES string of the molecule is N#Cc1ccc(N2CC=C3C(Oc4ccc(N5CCCC56C(=O)NC(=O)NC6=O)cn4)=CC=CC3C2)cc1. The number of nitrogens with zero attached hydrogens (tertiary/aromatic N) is 4. The van der Waals surface area contributed by atoms with Gasteiger partial charge in [0.15, 0.2) is 5.54 Å². The molecule has 1 spiro atoms. The second-order valence-electron chi connectivity index (χ2n) is 9.55. The van der Waals surface area contributed by atoms with Gasteiger partial charge in [-0.05, 0) is 49.2 Å². The quantitative estimate of drug-likeness (QED) is 0.604. The highest BCUT2D eigenvalue weighted by Crippen LogP contribution is 2.37. The summed E-state index contributed by atoms with van der Waals surface area (Å²) in [6.07, 6.45) is 10.7. The van der Waals surface area contributed by atoms with E-state index in [1.165, 1.54) is 0 Å². The number of fused-ring (bicyclic) bond motifs is 1. The highest BCUT2D eigenvalue weighted by molar-refractivity contribution is 6.24. The first kappa shape index (κ1) is 23.5. The summed E-state index contributed by atoms with van der Waals surface area (Å²) in [6, 6.07) is 12.4. The first-order valence-corrected chi connectivity index (χ1v) is 12.4. The molecule has 6 rings (SSSR count). The molecule has 1 aromatic heterocycles. The molecule has 0 saturated carbocycles. The van der Waals surface area contributed by atoms with Crippen LogP contribution in [0.25, 0.3) is 0 Å². The number of carbonyl (C=O) groups excluding carboxylic acids is 3. The van der Waals surface area contributed by atoms with Crippen LogP contribution in [0.4, 0.5) is 16.2 Å². The predicted molar refractivity (Wildman–Crippen MR) is 138 cm³/mol. The van der Waals surface area contributed by atoms with Crippen molar-refractivity contribution in [1.82, 2.24) is 15.6 Å². The molecule has 190 valence electrons. The van der Waals surface area contributed by atoms with Gasteiger partial charge in [-0.15, -0.1) is 0 Å². The van der Waals surface area contributed by atoms with Crippen LogP contribution in [0.3, 0.4) is 0 Å². The molecule has 4 heterocycles. The second kappa shape index (κ2) is 9.19. The van der Waals surface area contributed by atoms with E-state index in [1.807, 2.05) is 36.4 Å². The zero-order valence-electron chi connectivity index (χ0n) is 20.4. The van der Waals surface area contributed by atoms with Gasteiger partial charge in [-0.1, -0.05) is 18.2 Å². The third kappa shape index (κ3) is 3.89. The van der Waals surface area contributed by atoms with Crippen molar-refractivity contribution in [3.8, 4) is 11.9 Å². The number of urea groups is 1. The minimum Gasteiger partial charge on any atom is -0.439 e. The van der Waals surface area contributed by atoms with Gasteiger partial charge in [-0.25, -0.2) is 9.78 Å². The molecule has 1 aromatic carbocycles. The normalized spacial score (nSPS) is 21.8. The number of benzene rings is 1. The summed E-state index contributed by atoms with van der Waals surface area (Å²) in [5.74, 6) is 0.0288. The summed E-state index contributed by atoms with van der Waals surface area (Å²) in [6.45, 7) is 1.98. The molecule has 2 N–H and O–H groups in total. The Kier molecular flexibility index (Phi) is 5.68. The third-order valence-electron chi connectivity index (χ3n) is 7.42. The maximum Gasteiger partial charge on any atom is 0.328 e. The number of barbiturate groups is 1. The van der Waals surface area contributed by atoms with Gasteiger partial charge < -0.3 is 14.5 Å². The number of aromatic nitrogens is 1. The van der Waals surface area contributed by atoms with E-state index < -0.39 is 23.4 Å². The molecule has 38 heavy (non-hydrogen) atoms. The van der Waals surface area contributed by atoms with E-state index in [0.717, 1.165) is 23.6 Å². The van der Waals surface area contributed by atoms with Crippen molar-refractivity contribution >= 4 is 29.2 Å². The lowest BCUT2D eigenvalue weighted by molar-refractivity contribution is -0.137. The van der Waals surface area contributed by atoms with E-state index in [9.17, 15) is 14.4 Å². The smallest absolute Gasteiger partial charge is 0.328 e. The molecule has 10 heteroatoms. The first-order chi connectivity index (χ1) is 18.5. The third-order valence-corrected chi connectivity index (χ3v) is 7.42. The monoisotopic (exact) mass is 508 g/mol. The maximum atomic E-state index is 12.7. The van der Waals surface area contributed by atoms with E-state index in [1.54, 1.807) is 23.2 Å². The molecule has 4 amide bonds. The zero-order chi connectivity index (χ0) is 26.3. The number of hydrogen-bond donors (Lipinski definition) is 2. The van der Waals surface area contributed by atoms with Crippen molar-refractivity contribution in [1.29, 1.82) is 5.26 Å². The molecule has 2 fully saturated rings. The molecule has 10 nitrogen and oxygen atoms in total. The molecule has 0 radical (unpaired) electrons. The Morgan fingerprint density at radius 1 is 1.05 bits per heavy atom. The topological polar surface area (TPSA) is 128 Å². The van der Waals surface area contributed by atoms with Crippen molar-refractivity contribution in [2.75, 3.05) is 29.4 Å². The highest BCUT2D eigenvalue weighted by Gasteiger charge is 2.57. The van der Waals surface area contributed by atoms with Gasteiger partial charge in [0.25, 0.3) is 11.8 Å². The van der Waals surface area contributed by atoms with E-state index in [-0.39, 0.29) is 5.92 Å². The van der Waals surface area contributed by atoms with Gasteiger partial charge in [0.05, 0.1) is 23.5 Å². The number of imide groups is 2. The fraction of sp³-hybridized carbons (Fsp3) is 0.250. The summed E-state index contributed by atoms with van der Waals surface area (Å²) in [4.78, 5) is 45.4.